The maximum absolute atomic E-state index is 12.9. The summed E-state index contributed by atoms with van der Waals surface area (Å²) < 4.78 is 1.77. The minimum atomic E-state index is -0.0711. The Kier molecular flexibility index (Phi) is 4.44. The minimum absolute atomic E-state index is 0.0172. The molecule has 2 saturated heterocycles. The van der Waals surface area contributed by atoms with Crippen molar-refractivity contribution in [2.75, 3.05) is 0 Å². The van der Waals surface area contributed by atoms with Crippen molar-refractivity contribution in [3.05, 3.63) is 48.0 Å². The lowest BCUT2D eigenvalue weighted by Crippen LogP contribution is -2.52. The highest BCUT2D eigenvalue weighted by atomic mass is 16.2. The number of rotatable bonds is 4. The Morgan fingerprint density at radius 2 is 1.85 bits per heavy atom. The number of hydrogen-bond donors (Lipinski definition) is 1. The predicted molar refractivity (Wildman–Crippen MR) is 95.6 cm³/mol. The van der Waals surface area contributed by atoms with Crippen molar-refractivity contribution in [3.8, 4) is 0 Å². The molecule has 0 aliphatic carbocycles. The number of hydrogen-bond acceptors (Lipinski definition) is 4. The number of aromatic nitrogens is 3. The molecule has 2 aromatic rings. The number of fused-ring (bicyclic) bond motifs is 2. The van der Waals surface area contributed by atoms with E-state index >= 15 is 0 Å². The number of piperidine rings is 1. The van der Waals surface area contributed by atoms with E-state index in [9.17, 15) is 9.59 Å². The van der Waals surface area contributed by atoms with Gasteiger partial charge in [0.1, 0.15) is 5.69 Å². The average Bonchev–Trinajstić information content (AvgIpc) is 3.25. The summed E-state index contributed by atoms with van der Waals surface area (Å²) in [6.45, 7) is 2.76. The van der Waals surface area contributed by atoms with Crippen LogP contribution in [0.2, 0.25) is 0 Å². The molecule has 0 spiro atoms. The van der Waals surface area contributed by atoms with Crippen LogP contribution in [0.5, 0.6) is 0 Å². The molecule has 7 heteroatoms. The zero-order valence-corrected chi connectivity index (χ0v) is 14.8. The van der Waals surface area contributed by atoms with Crippen LogP contribution in [-0.2, 0) is 6.54 Å². The highest BCUT2D eigenvalue weighted by Crippen LogP contribution is 2.36. The molecule has 0 radical (unpaired) electrons. The zero-order chi connectivity index (χ0) is 18.1. The maximum Gasteiger partial charge on any atom is 0.274 e. The number of amides is 2. The van der Waals surface area contributed by atoms with Gasteiger partial charge in [0.15, 0.2) is 0 Å². The normalized spacial score (nSPS) is 24.5. The Bertz CT molecular complexity index is 789. The Labute approximate surface area is 152 Å². The molecule has 2 aliphatic rings. The molecule has 4 rings (SSSR count). The second kappa shape index (κ2) is 6.90. The molecule has 2 bridgehead atoms. The second-order valence-electron chi connectivity index (χ2n) is 7.03. The molecule has 0 saturated carbocycles. The molecule has 2 unspecified atom stereocenters. The van der Waals surface area contributed by atoms with Crippen LogP contribution in [0.15, 0.2) is 36.8 Å². The third-order valence-corrected chi connectivity index (χ3v) is 5.43. The fourth-order valence-electron chi connectivity index (χ4n) is 4.18. The van der Waals surface area contributed by atoms with Crippen LogP contribution in [0.3, 0.4) is 0 Å². The molecular formula is C19H23N5O2. The van der Waals surface area contributed by atoms with Gasteiger partial charge in [-0.15, -0.1) is 0 Å². The summed E-state index contributed by atoms with van der Waals surface area (Å²) >= 11 is 0. The largest absolute Gasteiger partial charge is 0.349 e. The van der Waals surface area contributed by atoms with Crippen LogP contribution >= 0.6 is 0 Å². The molecule has 2 aliphatic heterocycles. The van der Waals surface area contributed by atoms with E-state index in [1.807, 2.05) is 18.0 Å². The first kappa shape index (κ1) is 16.8. The molecule has 2 amide bonds. The van der Waals surface area contributed by atoms with E-state index in [0.717, 1.165) is 32.2 Å². The number of nitrogens with one attached hydrogen (secondary N) is 1. The van der Waals surface area contributed by atoms with Crippen molar-refractivity contribution in [3.63, 3.8) is 0 Å². The number of aryl methyl sites for hydroxylation is 1. The van der Waals surface area contributed by atoms with E-state index in [2.05, 4.69) is 15.4 Å². The fourth-order valence-corrected chi connectivity index (χ4v) is 4.18. The van der Waals surface area contributed by atoms with E-state index in [1.54, 1.807) is 35.3 Å². The van der Waals surface area contributed by atoms with Crippen LogP contribution in [0, 0.1) is 0 Å². The Balaban J connectivity index is 1.42. The smallest absolute Gasteiger partial charge is 0.274 e. The summed E-state index contributed by atoms with van der Waals surface area (Å²) in [6.07, 6.45) is 8.67. The monoisotopic (exact) mass is 353 g/mol. The first-order valence-electron chi connectivity index (χ1n) is 9.22. The molecule has 136 valence electrons. The molecule has 7 nitrogen and oxygen atoms in total. The lowest BCUT2D eigenvalue weighted by Gasteiger charge is -2.38. The highest BCUT2D eigenvalue weighted by Gasteiger charge is 2.44. The molecule has 2 fully saturated rings. The van der Waals surface area contributed by atoms with Gasteiger partial charge < -0.3 is 10.2 Å². The van der Waals surface area contributed by atoms with Crippen LogP contribution < -0.4 is 5.32 Å². The van der Waals surface area contributed by atoms with Gasteiger partial charge >= 0.3 is 0 Å². The molecule has 0 aromatic carbocycles. The molecule has 1 N–H and O–H groups in total. The van der Waals surface area contributed by atoms with Crippen molar-refractivity contribution < 1.29 is 9.59 Å². The lowest BCUT2D eigenvalue weighted by molar-refractivity contribution is 0.0543. The lowest BCUT2D eigenvalue weighted by atomic mass is 9.96. The average molecular weight is 353 g/mol. The predicted octanol–water partition coefficient (Wildman–Crippen LogP) is 1.86. The van der Waals surface area contributed by atoms with E-state index in [1.165, 1.54) is 0 Å². The van der Waals surface area contributed by atoms with E-state index in [0.29, 0.717) is 11.3 Å². The molecule has 2 atom stereocenters. The standard InChI is InChI=1S/C19H23N5O2/c1-2-23-10-7-17(22-23)19(26)24-15-3-4-16(24)12-14(11-15)21-18(25)13-5-8-20-9-6-13/h5-10,14-16H,2-4,11-12H2,1H3,(H,21,25). The van der Waals surface area contributed by atoms with Crippen molar-refractivity contribution in [1.82, 2.24) is 25.0 Å². The van der Waals surface area contributed by atoms with Gasteiger partial charge in [-0.1, -0.05) is 0 Å². The molecular weight excluding hydrogens is 330 g/mol. The highest BCUT2D eigenvalue weighted by molar-refractivity contribution is 5.94. The number of carbonyl (C=O) groups is 2. The van der Waals surface area contributed by atoms with E-state index in [-0.39, 0.29) is 29.9 Å². The molecule has 4 heterocycles. The van der Waals surface area contributed by atoms with Gasteiger partial charge in [-0.25, -0.2) is 0 Å². The van der Waals surface area contributed by atoms with Crippen molar-refractivity contribution >= 4 is 11.8 Å². The van der Waals surface area contributed by atoms with E-state index in [4.69, 9.17) is 0 Å². The quantitative estimate of drug-likeness (QED) is 0.910. The van der Waals surface area contributed by atoms with Crippen LogP contribution in [-0.4, -0.2) is 49.6 Å². The topological polar surface area (TPSA) is 80.1 Å². The SMILES string of the molecule is CCn1ccc(C(=O)N2C3CCC2CC(NC(=O)c2ccncc2)C3)n1. The van der Waals surface area contributed by atoms with Gasteiger partial charge in [0.25, 0.3) is 11.8 Å². The van der Waals surface area contributed by atoms with Crippen molar-refractivity contribution in [1.29, 1.82) is 0 Å². The third-order valence-electron chi connectivity index (χ3n) is 5.43. The Hall–Kier alpha value is -2.70. The Morgan fingerprint density at radius 1 is 1.15 bits per heavy atom. The summed E-state index contributed by atoms with van der Waals surface area (Å²) in [5.74, 6) is -0.0538. The van der Waals surface area contributed by atoms with Crippen LogP contribution in [0.4, 0.5) is 0 Å². The second-order valence-corrected chi connectivity index (χ2v) is 7.03. The van der Waals surface area contributed by atoms with Gasteiger partial charge in [-0.05, 0) is 50.8 Å². The van der Waals surface area contributed by atoms with E-state index < -0.39 is 0 Å². The third kappa shape index (κ3) is 3.09. The number of nitrogens with zero attached hydrogens (tertiary/aromatic N) is 4. The summed E-state index contributed by atoms with van der Waals surface area (Å²) in [6, 6.07) is 5.68. The van der Waals surface area contributed by atoms with Crippen molar-refractivity contribution in [2.45, 2.75) is 57.3 Å². The van der Waals surface area contributed by atoms with Crippen LogP contribution in [0.1, 0.15) is 53.5 Å². The van der Waals surface area contributed by atoms with Gasteiger partial charge in [0.05, 0.1) is 0 Å². The van der Waals surface area contributed by atoms with Gasteiger partial charge in [0.2, 0.25) is 0 Å². The number of pyridine rings is 1. The summed E-state index contributed by atoms with van der Waals surface area (Å²) in [4.78, 5) is 31.2. The fraction of sp³-hybridized carbons (Fsp3) is 0.474. The summed E-state index contributed by atoms with van der Waals surface area (Å²) in [5.41, 5.74) is 1.14. The van der Waals surface area contributed by atoms with Gasteiger partial charge in [-0.3, -0.25) is 19.3 Å². The molecule has 2 aromatic heterocycles. The first-order chi connectivity index (χ1) is 12.7. The van der Waals surface area contributed by atoms with Crippen molar-refractivity contribution in [2.24, 2.45) is 0 Å². The zero-order valence-electron chi connectivity index (χ0n) is 14.8. The maximum atomic E-state index is 12.9. The number of carbonyl (C=O) groups excluding carboxylic acids is 2. The van der Waals surface area contributed by atoms with Crippen LogP contribution in [0.25, 0.3) is 0 Å². The van der Waals surface area contributed by atoms with Gasteiger partial charge in [0, 0.05) is 48.8 Å². The summed E-state index contributed by atoms with van der Waals surface area (Å²) in [5, 5.41) is 7.48. The first-order valence-corrected chi connectivity index (χ1v) is 9.22. The minimum Gasteiger partial charge on any atom is -0.349 e. The van der Waals surface area contributed by atoms with Gasteiger partial charge in [-0.2, -0.15) is 5.10 Å². The molecule has 26 heavy (non-hydrogen) atoms. The Morgan fingerprint density at radius 3 is 2.46 bits per heavy atom. The summed E-state index contributed by atoms with van der Waals surface area (Å²) in [7, 11) is 0.